The minimum Gasteiger partial charge on any atom is -0.0845 e. The Morgan fingerprint density at radius 2 is 1.90 bits per heavy atom. The summed E-state index contributed by atoms with van der Waals surface area (Å²) >= 11 is 0. The van der Waals surface area contributed by atoms with E-state index in [1.54, 1.807) is 0 Å². The van der Waals surface area contributed by atoms with Crippen molar-refractivity contribution in [3.63, 3.8) is 0 Å². The summed E-state index contributed by atoms with van der Waals surface area (Å²) in [6.45, 7) is 5.91. The second-order valence-electron chi connectivity index (χ2n) is 2.29. The van der Waals surface area contributed by atoms with Crippen molar-refractivity contribution in [3.05, 3.63) is 31.2 Å². The highest BCUT2D eigenvalue weighted by atomic mass is 13.8. The van der Waals surface area contributed by atoms with E-state index in [0.29, 0.717) is 0 Å². The second-order valence-corrected chi connectivity index (χ2v) is 2.29. The maximum absolute atomic E-state index is 3.70. The molecule has 0 heteroatoms. The highest BCUT2D eigenvalue weighted by Gasteiger charge is 1.74. The Kier molecular flexibility index (Phi) is 8.04. The molecule has 0 atom stereocenters. The molecular formula is C10H17. The number of unbranched alkanes of at least 4 members (excludes halogenated alkanes) is 2. The molecule has 0 heterocycles. The fraction of sp³-hybridized carbons (Fsp3) is 0.500. The van der Waals surface area contributed by atoms with Gasteiger partial charge >= 0.3 is 0 Å². The summed E-state index contributed by atoms with van der Waals surface area (Å²) in [5.74, 6) is 0. The molecule has 0 rings (SSSR count). The van der Waals surface area contributed by atoms with Crippen LogP contribution in [0.1, 0.15) is 32.6 Å². The van der Waals surface area contributed by atoms with E-state index in [2.05, 4.69) is 38.2 Å². The molecule has 57 valence electrons. The molecule has 0 saturated heterocycles. The third-order valence-corrected chi connectivity index (χ3v) is 1.27. The Morgan fingerprint density at radius 1 is 1.20 bits per heavy atom. The molecule has 0 N–H and O–H groups in total. The first-order valence-corrected chi connectivity index (χ1v) is 4.02. The van der Waals surface area contributed by atoms with Gasteiger partial charge in [-0.3, -0.25) is 0 Å². The van der Waals surface area contributed by atoms with Crippen LogP contribution in [0.2, 0.25) is 0 Å². The summed E-state index contributed by atoms with van der Waals surface area (Å²) in [6, 6.07) is 0. The molecule has 0 aliphatic carbocycles. The summed E-state index contributed by atoms with van der Waals surface area (Å²) in [6.07, 6.45) is 13.1. The minimum absolute atomic E-state index is 0.887. The zero-order valence-corrected chi connectivity index (χ0v) is 6.84. The zero-order valence-electron chi connectivity index (χ0n) is 6.84. The van der Waals surface area contributed by atoms with Crippen LogP contribution in [0.15, 0.2) is 24.3 Å². The molecule has 0 fully saturated rings. The minimum atomic E-state index is 0.887. The van der Waals surface area contributed by atoms with E-state index in [-0.39, 0.29) is 0 Å². The van der Waals surface area contributed by atoms with Gasteiger partial charge in [-0.25, -0.2) is 0 Å². The first kappa shape index (κ1) is 9.48. The van der Waals surface area contributed by atoms with Crippen LogP contribution in [0.3, 0.4) is 0 Å². The molecule has 0 bridgehead atoms. The zero-order chi connectivity index (χ0) is 7.66. The van der Waals surface area contributed by atoms with Gasteiger partial charge in [-0.1, -0.05) is 44.1 Å². The van der Waals surface area contributed by atoms with Crippen LogP contribution in [-0.2, 0) is 0 Å². The Labute approximate surface area is 64.6 Å². The third-order valence-electron chi connectivity index (χ3n) is 1.27. The van der Waals surface area contributed by atoms with E-state index in [1.165, 1.54) is 19.3 Å². The molecule has 10 heavy (non-hydrogen) atoms. The normalized spacial score (nSPS) is 11.8. The van der Waals surface area contributed by atoms with Gasteiger partial charge < -0.3 is 0 Å². The molecule has 0 spiro atoms. The smallest absolute Gasteiger partial charge is 0.0347 e. The van der Waals surface area contributed by atoms with Crippen molar-refractivity contribution in [3.8, 4) is 0 Å². The van der Waals surface area contributed by atoms with Gasteiger partial charge in [-0.2, -0.15) is 0 Å². The van der Waals surface area contributed by atoms with Crippen molar-refractivity contribution >= 4 is 0 Å². The van der Waals surface area contributed by atoms with Crippen molar-refractivity contribution < 1.29 is 0 Å². The van der Waals surface area contributed by atoms with Gasteiger partial charge in [0.1, 0.15) is 0 Å². The molecule has 0 aromatic heterocycles. The third kappa shape index (κ3) is 7.48. The fourth-order valence-corrected chi connectivity index (χ4v) is 0.672. The van der Waals surface area contributed by atoms with Crippen molar-refractivity contribution in [1.82, 2.24) is 0 Å². The number of hydrogen-bond acceptors (Lipinski definition) is 0. The largest absolute Gasteiger partial charge is 0.0845 e. The molecule has 0 unspecified atom stereocenters. The maximum Gasteiger partial charge on any atom is -0.0347 e. The summed E-state index contributed by atoms with van der Waals surface area (Å²) < 4.78 is 0. The van der Waals surface area contributed by atoms with Gasteiger partial charge in [-0.05, 0) is 19.8 Å². The Bertz CT molecular complexity index is 98.6. The lowest BCUT2D eigenvalue weighted by Gasteiger charge is -1.85. The first-order valence-electron chi connectivity index (χ1n) is 4.02. The van der Waals surface area contributed by atoms with E-state index in [0.717, 1.165) is 6.42 Å². The SMILES string of the molecule is [CH2]C/C=C\C=C\CCCC. The average molecular weight is 137 g/mol. The van der Waals surface area contributed by atoms with Gasteiger partial charge in [0, 0.05) is 0 Å². The van der Waals surface area contributed by atoms with Crippen LogP contribution >= 0.6 is 0 Å². The van der Waals surface area contributed by atoms with Crippen LogP contribution in [0, 0.1) is 6.92 Å². The lowest BCUT2D eigenvalue weighted by molar-refractivity contribution is 0.815. The molecule has 0 aromatic carbocycles. The molecule has 0 amide bonds. The standard InChI is InChI=1S/C10H17/c1-3-5-7-9-10-8-6-4-2/h5,7,9-10H,1,3-4,6,8H2,2H3/b7-5-,10-9+. The van der Waals surface area contributed by atoms with Gasteiger partial charge in [-0.15, -0.1) is 0 Å². The lowest BCUT2D eigenvalue weighted by atomic mass is 10.2. The summed E-state index contributed by atoms with van der Waals surface area (Å²) in [5.41, 5.74) is 0. The van der Waals surface area contributed by atoms with Crippen LogP contribution in [0.4, 0.5) is 0 Å². The van der Waals surface area contributed by atoms with E-state index in [9.17, 15) is 0 Å². The topological polar surface area (TPSA) is 0 Å². The van der Waals surface area contributed by atoms with Gasteiger partial charge in [0.2, 0.25) is 0 Å². The molecule has 0 aliphatic rings. The second kappa shape index (κ2) is 8.48. The maximum atomic E-state index is 3.70. The van der Waals surface area contributed by atoms with Crippen molar-refractivity contribution in [2.75, 3.05) is 0 Å². The van der Waals surface area contributed by atoms with Gasteiger partial charge in [0.15, 0.2) is 0 Å². The Hall–Kier alpha value is -0.520. The predicted octanol–water partition coefficient (Wildman–Crippen LogP) is 3.51. The van der Waals surface area contributed by atoms with E-state index < -0.39 is 0 Å². The number of hydrogen-bond donors (Lipinski definition) is 0. The number of rotatable bonds is 5. The van der Waals surface area contributed by atoms with Crippen LogP contribution < -0.4 is 0 Å². The van der Waals surface area contributed by atoms with Crippen LogP contribution in [-0.4, -0.2) is 0 Å². The molecule has 1 radical (unpaired) electrons. The lowest BCUT2D eigenvalue weighted by Crippen LogP contribution is -1.64. The van der Waals surface area contributed by atoms with Crippen LogP contribution in [0.5, 0.6) is 0 Å². The fourth-order valence-electron chi connectivity index (χ4n) is 0.672. The highest BCUT2D eigenvalue weighted by Crippen LogP contribution is 1.94. The van der Waals surface area contributed by atoms with E-state index in [1.807, 2.05) is 0 Å². The summed E-state index contributed by atoms with van der Waals surface area (Å²) in [5, 5.41) is 0. The highest BCUT2D eigenvalue weighted by molar-refractivity contribution is 5.02. The summed E-state index contributed by atoms with van der Waals surface area (Å²) in [7, 11) is 0. The van der Waals surface area contributed by atoms with E-state index >= 15 is 0 Å². The molecular weight excluding hydrogens is 120 g/mol. The molecule has 0 aromatic rings. The molecule has 0 nitrogen and oxygen atoms in total. The monoisotopic (exact) mass is 137 g/mol. The number of allylic oxidation sites excluding steroid dienone is 4. The predicted molar refractivity (Wildman–Crippen MR) is 47.8 cm³/mol. The quantitative estimate of drug-likeness (QED) is 0.402. The summed E-state index contributed by atoms with van der Waals surface area (Å²) in [4.78, 5) is 0. The first-order chi connectivity index (χ1) is 4.91. The van der Waals surface area contributed by atoms with E-state index in [4.69, 9.17) is 0 Å². The molecule has 0 aliphatic heterocycles. The van der Waals surface area contributed by atoms with Gasteiger partial charge in [0.05, 0.1) is 0 Å². The van der Waals surface area contributed by atoms with Crippen molar-refractivity contribution in [2.24, 2.45) is 0 Å². The Balaban J connectivity index is 3.11. The van der Waals surface area contributed by atoms with Crippen LogP contribution in [0.25, 0.3) is 0 Å². The molecule has 0 saturated carbocycles. The van der Waals surface area contributed by atoms with Crippen molar-refractivity contribution in [2.45, 2.75) is 32.6 Å². The van der Waals surface area contributed by atoms with Gasteiger partial charge in [0.25, 0.3) is 0 Å². The average Bonchev–Trinajstić information content (AvgIpc) is 1.97. The van der Waals surface area contributed by atoms with Crippen molar-refractivity contribution in [1.29, 1.82) is 0 Å². The Morgan fingerprint density at radius 3 is 2.50 bits per heavy atom.